The molecule has 88 valence electrons. The lowest BCUT2D eigenvalue weighted by atomic mass is 9.90. The van der Waals surface area contributed by atoms with Crippen LogP contribution in [-0.2, 0) is 4.74 Å². The van der Waals surface area contributed by atoms with Gasteiger partial charge in [-0.2, -0.15) is 0 Å². The summed E-state index contributed by atoms with van der Waals surface area (Å²) < 4.78 is 19.2. The molecule has 0 amide bonds. The first kappa shape index (κ1) is 11.9. The van der Waals surface area contributed by atoms with Gasteiger partial charge in [0.25, 0.3) is 0 Å². The van der Waals surface area contributed by atoms with Crippen molar-refractivity contribution in [3.05, 3.63) is 35.1 Å². The van der Waals surface area contributed by atoms with E-state index in [1.807, 2.05) is 6.07 Å². The zero-order chi connectivity index (χ0) is 11.5. The van der Waals surface area contributed by atoms with Crippen LogP contribution in [0.2, 0.25) is 0 Å². The molecule has 0 N–H and O–H groups in total. The molecule has 2 unspecified atom stereocenters. The minimum absolute atomic E-state index is 0.0404. The smallest absolute Gasteiger partial charge is 0.126 e. The first-order valence-electron chi connectivity index (χ1n) is 5.66. The highest BCUT2D eigenvalue weighted by molar-refractivity contribution is 6.18. The number of alkyl halides is 1. The maximum absolute atomic E-state index is 13.5. The Balaban J connectivity index is 2.23. The summed E-state index contributed by atoms with van der Waals surface area (Å²) in [6.45, 7) is 2.51. The van der Waals surface area contributed by atoms with E-state index in [0.717, 1.165) is 25.0 Å². The van der Waals surface area contributed by atoms with Crippen LogP contribution in [0.5, 0.6) is 0 Å². The van der Waals surface area contributed by atoms with E-state index < -0.39 is 0 Å². The maximum Gasteiger partial charge on any atom is 0.126 e. The second-order valence-electron chi connectivity index (χ2n) is 4.36. The third-order valence-electron chi connectivity index (χ3n) is 3.17. The topological polar surface area (TPSA) is 9.23 Å². The van der Waals surface area contributed by atoms with Crippen molar-refractivity contribution in [2.75, 3.05) is 12.5 Å². The van der Waals surface area contributed by atoms with Crippen molar-refractivity contribution in [2.45, 2.75) is 25.9 Å². The predicted octanol–water partition coefficient (Wildman–Crippen LogP) is 3.84. The van der Waals surface area contributed by atoms with Gasteiger partial charge in [0.2, 0.25) is 0 Å². The fourth-order valence-electron chi connectivity index (χ4n) is 2.16. The van der Waals surface area contributed by atoms with Gasteiger partial charge in [-0.15, -0.1) is 11.6 Å². The number of ether oxygens (including phenoxy) is 1. The average Bonchev–Trinajstić information content (AvgIpc) is 2.32. The molecule has 3 heteroatoms. The van der Waals surface area contributed by atoms with E-state index in [2.05, 4.69) is 0 Å². The summed E-state index contributed by atoms with van der Waals surface area (Å²) in [5.41, 5.74) is 1.58. The van der Waals surface area contributed by atoms with Crippen LogP contribution in [0.3, 0.4) is 0 Å². The van der Waals surface area contributed by atoms with Crippen molar-refractivity contribution in [2.24, 2.45) is 5.92 Å². The summed E-state index contributed by atoms with van der Waals surface area (Å²) in [4.78, 5) is 0. The number of halogens is 2. The molecule has 1 aliphatic rings. The molecule has 0 spiro atoms. The van der Waals surface area contributed by atoms with Gasteiger partial charge in [-0.1, -0.05) is 12.1 Å². The molecule has 2 atom stereocenters. The second kappa shape index (κ2) is 5.15. The van der Waals surface area contributed by atoms with Gasteiger partial charge in [0, 0.05) is 18.4 Å². The molecule has 0 aromatic heterocycles. The molecule has 16 heavy (non-hydrogen) atoms. The minimum atomic E-state index is -0.167. The molecule has 0 radical (unpaired) electrons. The molecule has 1 saturated heterocycles. The summed E-state index contributed by atoms with van der Waals surface area (Å²) in [5, 5.41) is 0. The molecule has 0 aliphatic carbocycles. The van der Waals surface area contributed by atoms with E-state index in [-0.39, 0.29) is 11.9 Å². The minimum Gasteiger partial charge on any atom is -0.373 e. The Bertz CT molecular complexity index is 367. The normalized spacial score (nSPS) is 25.7. The Hall–Kier alpha value is -0.600. The Morgan fingerprint density at radius 2 is 2.31 bits per heavy atom. The Labute approximate surface area is 101 Å². The standard InChI is InChI=1S/C13H16ClFO/c1-9-4-5-10(7-12(9)15)13-11(8-14)3-2-6-16-13/h4-5,7,11,13H,2-3,6,8H2,1H3. The highest BCUT2D eigenvalue weighted by Gasteiger charge is 2.27. The monoisotopic (exact) mass is 242 g/mol. The van der Waals surface area contributed by atoms with Gasteiger partial charge in [-0.3, -0.25) is 0 Å². The van der Waals surface area contributed by atoms with Gasteiger partial charge in [-0.05, 0) is 37.0 Å². The van der Waals surface area contributed by atoms with Crippen molar-refractivity contribution in [3.63, 3.8) is 0 Å². The van der Waals surface area contributed by atoms with Crippen LogP contribution in [0, 0.1) is 18.7 Å². The Morgan fingerprint density at radius 1 is 1.50 bits per heavy atom. The van der Waals surface area contributed by atoms with E-state index >= 15 is 0 Å². The SMILES string of the molecule is Cc1ccc(C2OCCCC2CCl)cc1F. The Kier molecular flexibility index (Phi) is 3.82. The van der Waals surface area contributed by atoms with Crippen LogP contribution >= 0.6 is 11.6 Å². The number of benzene rings is 1. The van der Waals surface area contributed by atoms with Gasteiger partial charge in [-0.25, -0.2) is 4.39 Å². The van der Waals surface area contributed by atoms with Gasteiger partial charge < -0.3 is 4.74 Å². The number of hydrogen-bond acceptors (Lipinski definition) is 1. The van der Waals surface area contributed by atoms with Crippen molar-refractivity contribution in [3.8, 4) is 0 Å². The summed E-state index contributed by atoms with van der Waals surface area (Å²) in [7, 11) is 0. The van der Waals surface area contributed by atoms with E-state index in [0.29, 0.717) is 17.4 Å². The van der Waals surface area contributed by atoms with Crippen molar-refractivity contribution >= 4 is 11.6 Å². The molecule has 0 bridgehead atoms. The zero-order valence-corrected chi connectivity index (χ0v) is 10.1. The van der Waals surface area contributed by atoms with Gasteiger partial charge in [0.05, 0.1) is 6.10 Å². The predicted molar refractivity (Wildman–Crippen MR) is 63.3 cm³/mol. The Morgan fingerprint density at radius 3 is 3.00 bits per heavy atom. The molecule has 1 aliphatic heterocycles. The van der Waals surface area contributed by atoms with Crippen LogP contribution in [0.15, 0.2) is 18.2 Å². The lowest BCUT2D eigenvalue weighted by molar-refractivity contribution is -0.0209. The number of rotatable bonds is 2. The van der Waals surface area contributed by atoms with Crippen LogP contribution in [0.1, 0.15) is 30.1 Å². The van der Waals surface area contributed by atoms with E-state index in [9.17, 15) is 4.39 Å². The van der Waals surface area contributed by atoms with Crippen molar-refractivity contribution < 1.29 is 9.13 Å². The molecular formula is C13H16ClFO. The summed E-state index contributed by atoms with van der Waals surface area (Å²) >= 11 is 5.92. The molecule has 1 fully saturated rings. The third kappa shape index (κ3) is 2.38. The molecule has 0 saturated carbocycles. The maximum atomic E-state index is 13.5. The lowest BCUT2D eigenvalue weighted by Crippen LogP contribution is -2.23. The molecule has 1 nitrogen and oxygen atoms in total. The molecule has 1 aromatic carbocycles. The fourth-order valence-corrected chi connectivity index (χ4v) is 2.47. The van der Waals surface area contributed by atoms with Crippen molar-refractivity contribution in [1.82, 2.24) is 0 Å². The average molecular weight is 243 g/mol. The first-order valence-corrected chi connectivity index (χ1v) is 6.19. The van der Waals surface area contributed by atoms with E-state index in [1.165, 1.54) is 0 Å². The van der Waals surface area contributed by atoms with E-state index in [4.69, 9.17) is 16.3 Å². The van der Waals surface area contributed by atoms with Crippen LogP contribution in [0.25, 0.3) is 0 Å². The zero-order valence-electron chi connectivity index (χ0n) is 9.38. The highest BCUT2D eigenvalue weighted by Crippen LogP contribution is 2.34. The summed E-state index contributed by atoms with van der Waals surface area (Å²) in [6, 6.07) is 5.31. The van der Waals surface area contributed by atoms with Gasteiger partial charge in [0.15, 0.2) is 0 Å². The second-order valence-corrected chi connectivity index (χ2v) is 4.67. The quantitative estimate of drug-likeness (QED) is 0.716. The fraction of sp³-hybridized carbons (Fsp3) is 0.538. The van der Waals surface area contributed by atoms with Crippen molar-refractivity contribution in [1.29, 1.82) is 0 Å². The lowest BCUT2D eigenvalue weighted by Gasteiger charge is -2.30. The van der Waals surface area contributed by atoms with E-state index in [1.54, 1.807) is 19.1 Å². The molecular weight excluding hydrogens is 227 g/mol. The largest absolute Gasteiger partial charge is 0.373 e. The summed E-state index contributed by atoms with van der Waals surface area (Å²) in [6.07, 6.45) is 2.06. The highest BCUT2D eigenvalue weighted by atomic mass is 35.5. The molecule has 1 heterocycles. The molecule has 1 aromatic rings. The summed E-state index contributed by atoms with van der Waals surface area (Å²) in [5.74, 6) is 0.706. The number of aryl methyl sites for hydroxylation is 1. The van der Waals surface area contributed by atoms with Crippen LogP contribution < -0.4 is 0 Å². The third-order valence-corrected chi connectivity index (χ3v) is 3.56. The number of hydrogen-bond donors (Lipinski definition) is 0. The molecule has 2 rings (SSSR count). The first-order chi connectivity index (χ1) is 7.72. The van der Waals surface area contributed by atoms with Crippen LogP contribution in [0.4, 0.5) is 4.39 Å². The van der Waals surface area contributed by atoms with Crippen LogP contribution in [-0.4, -0.2) is 12.5 Å². The van der Waals surface area contributed by atoms with Gasteiger partial charge >= 0.3 is 0 Å². The van der Waals surface area contributed by atoms with Gasteiger partial charge in [0.1, 0.15) is 5.82 Å².